The van der Waals surface area contributed by atoms with Crippen LogP contribution in [-0.4, -0.2) is 27.2 Å². The fourth-order valence-electron chi connectivity index (χ4n) is 1.91. The lowest BCUT2D eigenvalue weighted by molar-refractivity contribution is 0.266. The number of aliphatic hydroxyl groups is 1. The van der Waals surface area contributed by atoms with E-state index in [1.54, 1.807) is 0 Å². The summed E-state index contributed by atoms with van der Waals surface area (Å²) in [7, 11) is 0. The first-order chi connectivity index (χ1) is 8.22. The van der Waals surface area contributed by atoms with E-state index in [9.17, 15) is 5.11 Å². The molecule has 2 aromatic rings. The zero-order chi connectivity index (χ0) is 11.9. The molecule has 5 heteroatoms. The van der Waals surface area contributed by atoms with Crippen molar-refractivity contribution in [2.75, 3.05) is 17.7 Å². The minimum atomic E-state index is -0.205. The van der Waals surface area contributed by atoms with Crippen molar-refractivity contribution in [1.82, 2.24) is 9.97 Å². The number of para-hydroxylation sites is 1. The molecule has 0 atom stereocenters. The number of aromatic nitrogens is 2. The number of benzene rings is 1. The van der Waals surface area contributed by atoms with E-state index < -0.39 is 0 Å². The summed E-state index contributed by atoms with van der Waals surface area (Å²) in [6, 6.07) is 7.70. The molecule has 1 aliphatic carbocycles. The summed E-state index contributed by atoms with van der Waals surface area (Å²) in [5.74, 6) is 0.958. The van der Waals surface area contributed by atoms with Gasteiger partial charge in [-0.05, 0) is 25.0 Å². The Labute approximate surface area is 98.7 Å². The van der Waals surface area contributed by atoms with Crippen LogP contribution < -0.4 is 11.1 Å². The molecular weight excluding hydrogens is 216 g/mol. The van der Waals surface area contributed by atoms with Crippen molar-refractivity contribution < 1.29 is 5.11 Å². The predicted molar refractivity (Wildman–Crippen MR) is 66.6 cm³/mol. The Morgan fingerprint density at radius 2 is 2.06 bits per heavy atom. The molecule has 1 aliphatic rings. The molecule has 4 N–H and O–H groups in total. The lowest BCUT2D eigenvalue weighted by Crippen LogP contribution is -2.26. The van der Waals surface area contributed by atoms with Gasteiger partial charge in [-0.25, -0.2) is 4.98 Å². The second-order valence-electron chi connectivity index (χ2n) is 4.51. The van der Waals surface area contributed by atoms with Crippen molar-refractivity contribution in [1.29, 1.82) is 0 Å². The molecular formula is C12H14N4O. The van der Waals surface area contributed by atoms with E-state index in [-0.39, 0.29) is 18.1 Å². The van der Waals surface area contributed by atoms with E-state index in [0.717, 1.165) is 23.7 Å². The van der Waals surface area contributed by atoms with Crippen molar-refractivity contribution in [2.45, 2.75) is 18.4 Å². The number of nitrogens with one attached hydrogen (secondary N) is 1. The van der Waals surface area contributed by atoms with Crippen molar-refractivity contribution in [3.8, 4) is 0 Å². The summed E-state index contributed by atoms with van der Waals surface area (Å²) < 4.78 is 0. The molecule has 1 aromatic heterocycles. The first kappa shape index (κ1) is 10.3. The molecule has 17 heavy (non-hydrogen) atoms. The van der Waals surface area contributed by atoms with Crippen LogP contribution in [0.4, 0.5) is 11.8 Å². The predicted octanol–water partition coefficient (Wildman–Crippen LogP) is 1.15. The maximum atomic E-state index is 9.32. The fraction of sp³-hybridized carbons (Fsp3) is 0.333. The van der Waals surface area contributed by atoms with E-state index in [1.807, 2.05) is 24.3 Å². The van der Waals surface area contributed by atoms with E-state index in [1.165, 1.54) is 0 Å². The second-order valence-corrected chi connectivity index (χ2v) is 4.51. The van der Waals surface area contributed by atoms with Crippen LogP contribution in [0.15, 0.2) is 24.3 Å². The van der Waals surface area contributed by atoms with Gasteiger partial charge in [-0.1, -0.05) is 12.1 Å². The molecule has 0 saturated heterocycles. The van der Waals surface area contributed by atoms with Gasteiger partial charge in [0, 0.05) is 5.39 Å². The van der Waals surface area contributed by atoms with Crippen molar-refractivity contribution in [2.24, 2.45) is 0 Å². The SMILES string of the molecule is Nc1nc(NC2(CO)CC2)c2ccccc2n1. The molecule has 5 nitrogen and oxygen atoms in total. The van der Waals surface area contributed by atoms with E-state index >= 15 is 0 Å². The largest absolute Gasteiger partial charge is 0.394 e. The molecule has 0 bridgehead atoms. The smallest absolute Gasteiger partial charge is 0.222 e. The summed E-state index contributed by atoms with van der Waals surface area (Å²) >= 11 is 0. The third-order valence-electron chi connectivity index (χ3n) is 3.16. The van der Waals surface area contributed by atoms with E-state index in [0.29, 0.717) is 5.82 Å². The molecule has 0 aliphatic heterocycles. The third-order valence-corrected chi connectivity index (χ3v) is 3.16. The number of anilines is 2. The van der Waals surface area contributed by atoms with Gasteiger partial charge in [0.15, 0.2) is 0 Å². The first-order valence-corrected chi connectivity index (χ1v) is 5.64. The maximum Gasteiger partial charge on any atom is 0.222 e. The standard InChI is InChI=1S/C12H14N4O/c13-11-14-9-4-2-1-3-8(9)10(15-11)16-12(7-17)5-6-12/h1-4,17H,5-7H2,(H3,13,14,15,16). The molecule has 0 radical (unpaired) electrons. The average Bonchev–Trinajstić information content (AvgIpc) is 3.09. The lowest BCUT2D eigenvalue weighted by Gasteiger charge is -2.16. The molecule has 0 spiro atoms. The minimum absolute atomic E-state index is 0.116. The number of rotatable bonds is 3. The molecule has 0 unspecified atom stereocenters. The topological polar surface area (TPSA) is 84.1 Å². The summed E-state index contributed by atoms with van der Waals surface area (Å²) in [4.78, 5) is 8.40. The number of aliphatic hydroxyl groups excluding tert-OH is 1. The number of fused-ring (bicyclic) bond motifs is 1. The van der Waals surface area contributed by atoms with Crippen LogP contribution in [0.5, 0.6) is 0 Å². The fourth-order valence-corrected chi connectivity index (χ4v) is 1.91. The normalized spacial score (nSPS) is 17.0. The molecule has 1 aromatic carbocycles. The number of hydrogen-bond donors (Lipinski definition) is 3. The quantitative estimate of drug-likeness (QED) is 0.736. The van der Waals surface area contributed by atoms with Gasteiger partial charge in [0.25, 0.3) is 0 Å². The highest BCUT2D eigenvalue weighted by Crippen LogP contribution is 2.39. The Hall–Kier alpha value is -1.88. The Morgan fingerprint density at radius 1 is 1.29 bits per heavy atom. The van der Waals surface area contributed by atoms with Gasteiger partial charge in [0.05, 0.1) is 17.7 Å². The summed E-state index contributed by atoms with van der Waals surface area (Å²) in [6.45, 7) is 0.116. The molecule has 1 heterocycles. The van der Waals surface area contributed by atoms with Crippen molar-refractivity contribution in [3.05, 3.63) is 24.3 Å². The minimum Gasteiger partial charge on any atom is -0.394 e. The van der Waals surface area contributed by atoms with Gasteiger partial charge in [-0.15, -0.1) is 0 Å². The highest BCUT2D eigenvalue weighted by molar-refractivity contribution is 5.90. The van der Waals surface area contributed by atoms with Crippen LogP contribution in [0, 0.1) is 0 Å². The summed E-state index contributed by atoms with van der Waals surface area (Å²) in [6.07, 6.45) is 1.92. The zero-order valence-corrected chi connectivity index (χ0v) is 9.35. The number of nitrogens with zero attached hydrogens (tertiary/aromatic N) is 2. The van der Waals surface area contributed by atoms with Gasteiger partial charge in [-0.2, -0.15) is 4.98 Å². The first-order valence-electron chi connectivity index (χ1n) is 5.64. The van der Waals surface area contributed by atoms with Gasteiger partial charge in [-0.3, -0.25) is 0 Å². The monoisotopic (exact) mass is 230 g/mol. The third kappa shape index (κ3) is 1.78. The van der Waals surface area contributed by atoms with Crippen molar-refractivity contribution >= 4 is 22.7 Å². The lowest BCUT2D eigenvalue weighted by atomic mass is 10.2. The van der Waals surface area contributed by atoms with Crippen LogP contribution in [-0.2, 0) is 0 Å². The number of nitrogen functional groups attached to an aromatic ring is 1. The Balaban J connectivity index is 2.08. The Morgan fingerprint density at radius 3 is 2.76 bits per heavy atom. The Bertz CT molecular complexity index is 565. The van der Waals surface area contributed by atoms with Crippen molar-refractivity contribution in [3.63, 3.8) is 0 Å². The van der Waals surface area contributed by atoms with Gasteiger partial charge in [0.1, 0.15) is 5.82 Å². The van der Waals surface area contributed by atoms with Gasteiger partial charge >= 0.3 is 0 Å². The van der Waals surface area contributed by atoms with Gasteiger partial charge < -0.3 is 16.2 Å². The van der Waals surface area contributed by atoms with E-state index in [4.69, 9.17) is 5.73 Å². The molecule has 3 rings (SSSR count). The van der Waals surface area contributed by atoms with Crippen LogP contribution >= 0.6 is 0 Å². The highest BCUT2D eigenvalue weighted by Gasteiger charge is 2.42. The number of hydrogen-bond acceptors (Lipinski definition) is 5. The second kappa shape index (κ2) is 3.56. The average molecular weight is 230 g/mol. The summed E-state index contributed by atoms with van der Waals surface area (Å²) in [5.41, 5.74) is 6.29. The molecule has 1 saturated carbocycles. The molecule has 0 amide bonds. The van der Waals surface area contributed by atoms with Crippen LogP contribution in [0.3, 0.4) is 0 Å². The zero-order valence-electron chi connectivity index (χ0n) is 9.35. The molecule has 88 valence electrons. The number of nitrogens with two attached hydrogens (primary N) is 1. The van der Waals surface area contributed by atoms with Crippen LogP contribution in [0.25, 0.3) is 10.9 Å². The maximum absolute atomic E-state index is 9.32. The highest BCUT2D eigenvalue weighted by atomic mass is 16.3. The van der Waals surface area contributed by atoms with Crippen LogP contribution in [0.2, 0.25) is 0 Å². The van der Waals surface area contributed by atoms with E-state index in [2.05, 4.69) is 15.3 Å². The summed E-state index contributed by atoms with van der Waals surface area (Å²) in [5, 5.41) is 13.5. The molecule has 1 fully saturated rings. The van der Waals surface area contributed by atoms with Gasteiger partial charge in [0.2, 0.25) is 5.95 Å². The Kier molecular flexibility index (Phi) is 2.16. The van der Waals surface area contributed by atoms with Crippen LogP contribution in [0.1, 0.15) is 12.8 Å².